The van der Waals surface area contributed by atoms with Crippen LogP contribution in [0.5, 0.6) is 0 Å². The number of anilines is 1. The van der Waals surface area contributed by atoms with Crippen molar-refractivity contribution in [2.24, 2.45) is 0 Å². The van der Waals surface area contributed by atoms with Crippen molar-refractivity contribution in [3.63, 3.8) is 0 Å². The number of benzene rings is 2. The molecule has 6 nitrogen and oxygen atoms in total. The average Bonchev–Trinajstić information content (AvgIpc) is 3.27. The molecule has 2 aromatic carbocycles. The van der Waals surface area contributed by atoms with E-state index < -0.39 is 38.8 Å². The van der Waals surface area contributed by atoms with E-state index in [9.17, 15) is 26.8 Å². The number of aryl methyl sites for hydroxylation is 2. The lowest BCUT2D eigenvalue weighted by Gasteiger charge is -2.27. The third-order valence-corrected chi connectivity index (χ3v) is 9.05. The Morgan fingerprint density at radius 1 is 1.12 bits per heavy atom. The van der Waals surface area contributed by atoms with Crippen molar-refractivity contribution in [1.29, 1.82) is 0 Å². The summed E-state index contributed by atoms with van der Waals surface area (Å²) < 4.78 is 56.1. The molecule has 10 heteroatoms. The number of ether oxygens (including phenoxy) is 1. The Balaban J connectivity index is 1.77. The van der Waals surface area contributed by atoms with Crippen molar-refractivity contribution in [2.45, 2.75) is 59.8 Å². The van der Waals surface area contributed by atoms with Gasteiger partial charge in [-0.25, -0.2) is 8.42 Å². The first-order valence-electron chi connectivity index (χ1n) is 10.4. The number of halogens is 2. The number of carbonyl (C=O) groups is 2. The van der Waals surface area contributed by atoms with E-state index >= 15 is 0 Å². The van der Waals surface area contributed by atoms with Crippen LogP contribution in [0, 0.1) is 13.8 Å². The molecule has 0 unspecified atom stereocenters. The van der Waals surface area contributed by atoms with Gasteiger partial charge in [-0.1, -0.05) is 48.9 Å². The van der Waals surface area contributed by atoms with Gasteiger partial charge in [0.1, 0.15) is 0 Å². The molecule has 1 fully saturated rings. The summed E-state index contributed by atoms with van der Waals surface area (Å²) in [5.41, 5.74) is 1.44. The predicted octanol–water partition coefficient (Wildman–Crippen LogP) is 4.89. The van der Waals surface area contributed by atoms with Crippen LogP contribution in [0.4, 0.5) is 14.5 Å². The highest BCUT2D eigenvalue weighted by molar-refractivity contribution is 7.99. The molecule has 0 bridgehead atoms. The Morgan fingerprint density at radius 3 is 2.45 bits per heavy atom. The van der Waals surface area contributed by atoms with Crippen molar-refractivity contribution >= 4 is 39.2 Å². The minimum atomic E-state index is -4.07. The standard InChI is InChI=1S/C23H25F2NO5S2/c1-15-9-10-16(2)19(13-15)33(29,30)23(11-5-6-12-23)21(28)31-14-20(27)26-17-7-3-4-8-18(17)32-22(24)25/h3-4,7-10,13,22H,5-6,11-12,14H2,1-2H3,(H,26,27). The first-order valence-corrected chi connectivity index (χ1v) is 12.8. The van der Waals surface area contributed by atoms with Crippen molar-refractivity contribution in [2.75, 3.05) is 11.9 Å². The molecule has 0 saturated heterocycles. The lowest BCUT2D eigenvalue weighted by Crippen LogP contribution is -2.46. The van der Waals surface area contributed by atoms with Gasteiger partial charge in [0.2, 0.25) is 0 Å². The number of para-hydroxylation sites is 1. The zero-order valence-corrected chi connectivity index (χ0v) is 19.9. The zero-order valence-electron chi connectivity index (χ0n) is 18.3. The van der Waals surface area contributed by atoms with Gasteiger partial charge in [0.05, 0.1) is 10.6 Å². The van der Waals surface area contributed by atoms with Crippen LogP contribution in [0.2, 0.25) is 0 Å². The lowest BCUT2D eigenvalue weighted by atomic mass is 10.1. The number of hydrogen-bond donors (Lipinski definition) is 1. The number of amides is 1. The number of rotatable bonds is 8. The second kappa shape index (κ2) is 10.2. The molecule has 0 atom stereocenters. The molecule has 0 aliphatic heterocycles. The summed E-state index contributed by atoms with van der Waals surface area (Å²) in [6.45, 7) is 2.71. The third-order valence-electron chi connectivity index (χ3n) is 5.64. The number of alkyl halides is 2. The molecule has 178 valence electrons. The number of esters is 1. The topological polar surface area (TPSA) is 89.5 Å². The van der Waals surface area contributed by atoms with Crippen LogP contribution < -0.4 is 5.32 Å². The summed E-state index contributed by atoms with van der Waals surface area (Å²) in [5, 5.41) is 2.44. The zero-order chi connectivity index (χ0) is 24.2. The summed E-state index contributed by atoms with van der Waals surface area (Å²) in [6.07, 6.45) is 1.31. The summed E-state index contributed by atoms with van der Waals surface area (Å²) >= 11 is 0.280. The highest BCUT2D eigenvalue weighted by Crippen LogP contribution is 2.42. The van der Waals surface area contributed by atoms with Gasteiger partial charge in [0.15, 0.2) is 21.2 Å². The van der Waals surface area contributed by atoms with E-state index in [1.54, 1.807) is 44.2 Å². The molecule has 0 spiro atoms. The number of nitrogens with one attached hydrogen (secondary N) is 1. The molecule has 1 aliphatic rings. The average molecular weight is 498 g/mol. The molecule has 1 N–H and O–H groups in total. The first kappa shape index (κ1) is 25.2. The summed E-state index contributed by atoms with van der Waals surface area (Å²) in [6, 6.07) is 11.0. The molecule has 1 aliphatic carbocycles. The summed E-state index contributed by atoms with van der Waals surface area (Å²) in [7, 11) is -4.07. The number of carbonyl (C=O) groups excluding carboxylic acids is 2. The van der Waals surface area contributed by atoms with E-state index in [1.165, 1.54) is 12.1 Å². The van der Waals surface area contributed by atoms with Crippen LogP contribution in [0.3, 0.4) is 0 Å². The van der Waals surface area contributed by atoms with Crippen LogP contribution in [-0.2, 0) is 24.2 Å². The summed E-state index contributed by atoms with van der Waals surface area (Å²) in [4.78, 5) is 25.7. The molecule has 2 aromatic rings. The Labute approximate surface area is 196 Å². The van der Waals surface area contributed by atoms with Crippen LogP contribution in [0.25, 0.3) is 0 Å². The molecule has 1 saturated carbocycles. The van der Waals surface area contributed by atoms with Gasteiger partial charge in [-0.15, -0.1) is 0 Å². The molecule has 0 heterocycles. The predicted molar refractivity (Wildman–Crippen MR) is 122 cm³/mol. The van der Waals surface area contributed by atoms with E-state index in [-0.39, 0.29) is 40.1 Å². The van der Waals surface area contributed by atoms with Gasteiger partial charge in [0.25, 0.3) is 11.7 Å². The fourth-order valence-corrected chi connectivity index (χ4v) is 6.91. The van der Waals surface area contributed by atoms with Gasteiger partial charge in [-0.05, 0) is 56.0 Å². The normalized spacial score (nSPS) is 15.4. The fourth-order valence-electron chi connectivity index (χ4n) is 3.95. The Hall–Kier alpha value is -2.46. The largest absolute Gasteiger partial charge is 0.454 e. The molecule has 1 amide bonds. The Morgan fingerprint density at radius 2 is 1.79 bits per heavy atom. The maximum atomic E-state index is 13.6. The molecule has 0 radical (unpaired) electrons. The van der Waals surface area contributed by atoms with E-state index in [2.05, 4.69) is 5.32 Å². The number of thioether (sulfide) groups is 1. The number of sulfone groups is 1. The van der Waals surface area contributed by atoms with Crippen molar-refractivity contribution in [1.82, 2.24) is 0 Å². The van der Waals surface area contributed by atoms with Crippen LogP contribution in [-0.4, -0.2) is 37.4 Å². The maximum Gasteiger partial charge on any atom is 0.328 e. The lowest BCUT2D eigenvalue weighted by molar-refractivity contribution is -0.150. The maximum absolute atomic E-state index is 13.6. The van der Waals surface area contributed by atoms with Gasteiger partial charge >= 0.3 is 5.97 Å². The van der Waals surface area contributed by atoms with Gasteiger partial charge < -0.3 is 10.1 Å². The van der Waals surface area contributed by atoms with Crippen molar-refractivity contribution in [3.05, 3.63) is 53.6 Å². The SMILES string of the molecule is Cc1ccc(C)c(S(=O)(=O)C2(C(=O)OCC(=O)Nc3ccccc3SC(F)F)CCCC2)c1. The molecular formula is C23H25F2NO5S2. The second-order valence-corrected chi connectivity index (χ2v) is 11.2. The first-order chi connectivity index (χ1) is 15.6. The second-order valence-electron chi connectivity index (χ2n) is 7.97. The minimum absolute atomic E-state index is 0.0868. The Bertz CT molecular complexity index is 1150. The summed E-state index contributed by atoms with van der Waals surface area (Å²) in [5.74, 6) is -4.38. The van der Waals surface area contributed by atoms with Gasteiger partial charge in [0, 0.05) is 4.90 Å². The van der Waals surface area contributed by atoms with E-state index in [1.807, 2.05) is 0 Å². The van der Waals surface area contributed by atoms with E-state index in [4.69, 9.17) is 4.74 Å². The van der Waals surface area contributed by atoms with Crippen molar-refractivity contribution < 1.29 is 31.5 Å². The van der Waals surface area contributed by atoms with Crippen LogP contribution in [0.1, 0.15) is 36.8 Å². The van der Waals surface area contributed by atoms with Crippen molar-refractivity contribution in [3.8, 4) is 0 Å². The third kappa shape index (κ3) is 5.38. The Kier molecular flexibility index (Phi) is 7.79. The highest BCUT2D eigenvalue weighted by atomic mass is 32.2. The monoisotopic (exact) mass is 497 g/mol. The quantitative estimate of drug-likeness (QED) is 0.413. The highest BCUT2D eigenvalue weighted by Gasteiger charge is 2.54. The smallest absolute Gasteiger partial charge is 0.328 e. The molecular weight excluding hydrogens is 472 g/mol. The molecule has 33 heavy (non-hydrogen) atoms. The minimum Gasteiger partial charge on any atom is -0.454 e. The van der Waals surface area contributed by atoms with E-state index in [0.717, 1.165) is 5.56 Å². The molecule has 3 rings (SSSR count). The van der Waals surface area contributed by atoms with Gasteiger partial charge in [-0.2, -0.15) is 8.78 Å². The number of hydrogen-bond acceptors (Lipinski definition) is 6. The van der Waals surface area contributed by atoms with E-state index in [0.29, 0.717) is 18.4 Å². The molecule has 0 aromatic heterocycles. The van der Waals surface area contributed by atoms with Crippen LogP contribution in [0.15, 0.2) is 52.3 Å². The fraction of sp³-hybridized carbons (Fsp3) is 0.391. The van der Waals surface area contributed by atoms with Crippen LogP contribution >= 0.6 is 11.8 Å². The van der Waals surface area contributed by atoms with Gasteiger partial charge in [-0.3, -0.25) is 9.59 Å².